The quantitative estimate of drug-likeness (QED) is 0.127. The molecule has 1 heterocycles. The molecule has 0 radical (unpaired) electrons. The average molecular weight is 504 g/mol. The van der Waals surface area contributed by atoms with E-state index in [0.29, 0.717) is 5.56 Å². The highest BCUT2D eigenvalue weighted by Crippen LogP contribution is 2.37. The highest BCUT2D eigenvalue weighted by molar-refractivity contribution is 5.87. The average Bonchev–Trinajstić information content (AvgIpc) is 2.85. The fourth-order valence-electron chi connectivity index (χ4n) is 3.05. The summed E-state index contributed by atoms with van der Waals surface area (Å²) in [5.74, 6) is -0.789. The first-order valence-electron chi connectivity index (χ1n) is 10.6. The molecule has 0 unspecified atom stereocenters. The third-order valence-corrected chi connectivity index (χ3v) is 5.43. The van der Waals surface area contributed by atoms with Gasteiger partial charge in [0.05, 0.1) is 27.4 Å². The second kappa shape index (κ2) is 12.5. The topological polar surface area (TPSA) is 205 Å². The Kier molecular flexibility index (Phi) is 10.2. The molecule has 1 aromatic rings. The Morgan fingerprint density at radius 3 is 2.29 bits per heavy atom. The molecule has 198 valence electrons. The SMILES string of the molecule is COc1cc(/C=C/C(=O)OC[C@H]2O[C@@H](OC[C@@H](O)[C@@](C)(O)CO)[C@H](O)[C@@H](O)[C@@H]2O)cc(OC)c1O. The summed E-state index contributed by atoms with van der Waals surface area (Å²) in [6.07, 6.45) is -7.00. The Hall–Kier alpha value is -2.49. The Labute approximate surface area is 201 Å². The zero-order valence-corrected chi connectivity index (χ0v) is 19.5. The Morgan fingerprint density at radius 1 is 1.14 bits per heavy atom. The van der Waals surface area contributed by atoms with Crippen LogP contribution in [-0.4, -0.2) is 118 Å². The van der Waals surface area contributed by atoms with Crippen LogP contribution in [0.15, 0.2) is 18.2 Å². The van der Waals surface area contributed by atoms with E-state index < -0.39 is 68.2 Å². The van der Waals surface area contributed by atoms with Gasteiger partial charge in [-0.15, -0.1) is 0 Å². The molecule has 1 aliphatic heterocycles. The molecule has 7 N–H and O–H groups in total. The summed E-state index contributed by atoms with van der Waals surface area (Å²) < 4.78 is 25.7. The van der Waals surface area contributed by atoms with Crippen LogP contribution in [0.4, 0.5) is 0 Å². The highest BCUT2D eigenvalue weighted by Gasteiger charge is 2.45. The molecule has 1 saturated heterocycles. The number of hydrogen-bond acceptors (Lipinski definition) is 13. The normalized spacial score (nSPS) is 27.3. The van der Waals surface area contributed by atoms with Crippen molar-refractivity contribution in [3.05, 3.63) is 23.8 Å². The van der Waals surface area contributed by atoms with Crippen molar-refractivity contribution >= 4 is 12.0 Å². The van der Waals surface area contributed by atoms with Crippen LogP contribution in [0, 0.1) is 0 Å². The molecule has 35 heavy (non-hydrogen) atoms. The number of rotatable bonds is 11. The van der Waals surface area contributed by atoms with Crippen LogP contribution >= 0.6 is 0 Å². The largest absolute Gasteiger partial charge is 0.502 e. The van der Waals surface area contributed by atoms with Gasteiger partial charge < -0.3 is 59.4 Å². The van der Waals surface area contributed by atoms with Gasteiger partial charge in [-0.3, -0.25) is 0 Å². The number of hydrogen-bond donors (Lipinski definition) is 7. The monoisotopic (exact) mass is 504 g/mol. The zero-order chi connectivity index (χ0) is 26.3. The maximum absolute atomic E-state index is 12.1. The van der Waals surface area contributed by atoms with Gasteiger partial charge in [0.15, 0.2) is 17.8 Å². The third kappa shape index (κ3) is 7.25. The van der Waals surface area contributed by atoms with E-state index in [1.165, 1.54) is 32.4 Å². The number of aliphatic hydroxyl groups is 6. The molecule has 1 aliphatic rings. The number of aromatic hydroxyl groups is 1. The number of esters is 1. The van der Waals surface area contributed by atoms with E-state index in [-0.39, 0.29) is 17.2 Å². The number of aliphatic hydroxyl groups excluding tert-OH is 5. The minimum absolute atomic E-state index is 0.125. The number of carbonyl (C=O) groups is 1. The number of carbonyl (C=O) groups excluding carboxylic acids is 1. The fraction of sp³-hybridized carbons (Fsp3) is 0.591. The molecule has 1 fully saturated rings. The molecular weight excluding hydrogens is 472 g/mol. The first-order chi connectivity index (χ1) is 16.4. The number of benzene rings is 1. The standard InChI is InChI=1S/C22H32O13/c1-22(30,10-23)15(24)9-34-21-20(29)19(28)18(27)14(35-21)8-33-16(25)5-4-11-6-12(31-2)17(26)13(7-11)32-3/h4-7,14-15,18-21,23-24,26-30H,8-10H2,1-3H3/b5-4+/t14-,15-,18-,19+,20-,21-,22+/m1/s1. The second-order valence-electron chi connectivity index (χ2n) is 8.12. The molecule has 13 nitrogen and oxygen atoms in total. The van der Waals surface area contributed by atoms with Gasteiger partial charge in [0.1, 0.15) is 42.7 Å². The predicted octanol–water partition coefficient (Wildman–Crippen LogP) is -2.11. The summed E-state index contributed by atoms with van der Waals surface area (Å²) >= 11 is 0. The van der Waals surface area contributed by atoms with Crippen molar-refractivity contribution in [3.63, 3.8) is 0 Å². The summed E-state index contributed by atoms with van der Waals surface area (Å²) in [6.45, 7) is -0.694. The first kappa shape index (κ1) is 28.7. The summed E-state index contributed by atoms with van der Waals surface area (Å²) in [5.41, 5.74) is -1.43. The minimum Gasteiger partial charge on any atom is -0.502 e. The van der Waals surface area contributed by atoms with E-state index in [2.05, 4.69) is 0 Å². The lowest BCUT2D eigenvalue weighted by molar-refractivity contribution is -0.308. The lowest BCUT2D eigenvalue weighted by Gasteiger charge is -2.40. The van der Waals surface area contributed by atoms with E-state index in [1.54, 1.807) is 0 Å². The summed E-state index contributed by atoms with van der Waals surface area (Å²) in [4.78, 5) is 12.1. The van der Waals surface area contributed by atoms with Crippen molar-refractivity contribution < 1.29 is 64.2 Å². The Balaban J connectivity index is 1.98. The Bertz CT molecular complexity index is 846. The van der Waals surface area contributed by atoms with Gasteiger partial charge >= 0.3 is 5.97 Å². The molecule has 0 saturated carbocycles. The van der Waals surface area contributed by atoms with Crippen LogP contribution in [0.3, 0.4) is 0 Å². The maximum Gasteiger partial charge on any atom is 0.330 e. The van der Waals surface area contributed by atoms with Crippen molar-refractivity contribution in [1.82, 2.24) is 0 Å². The van der Waals surface area contributed by atoms with Crippen LogP contribution < -0.4 is 9.47 Å². The van der Waals surface area contributed by atoms with E-state index in [0.717, 1.165) is 13.0 Å². The van der Waals surface area contributed by atoms with E-state index in [1.807, 2.05) is 0 Å². The molecule has 7 atom stereocenters. The van der Waals surface area contributed by atoms with Gasteiger partial charge in [-0.25, -0.2) is 4.79 Å². The molecule has 1 aromatic carbocycles. The van der Waals surface area contributed by atoms with Gasteiger partial charge in [-0.1, -0.05) is 0 Å². The summed E-state index contributed by atoms with van der Waals surface area (Å²) in [6, 6.07) is 2.91. The molecule has 0 bridgehead atoms. The van der Waals surface area contributed by atoms with E-state index in [4.69, 9.17) is 28.8 Å². The molecule has 0 aromatic heterocycles. The number of methoxy groups -OCH3 is 2. The van der Waals surface area contributed by atoms with Gasteiger partial charge in [0.2, 0.25) is 5.75 Å². The van der Waals surface area contributed by atoms with E-state index >= 15 is 0 Å². The van der Waals surface area contributed by atoms with Crippen molar-refractivity contribution in [3.8, 4) is 17.2 Å². The summed E-state index contributed by atoms with van der Waals surface area (Å²) in [5, 5.41) is 69.1. The van der Waals surface area contributed by atoms with Crippen LogP contribution in [0.2, 0.25) is 0 Å². The number of phenols is 1. The molecule has 2 rings (SSSR count). The van der Waals surface area contributed by atoms with Crippen LogP contribution in [0.5, 0.6) is 17.2 Å². The first-order valence-corrected chi connectivity index (χ1v) is 10.6. The Morgan fingerprint density at radius 2 is 1.74 bits per heavy atom. The molecule has 0 amide bonds. The predicted molar refractivity (Wildman–Crippen MR) is 118 cm³/mol. The van der Waals surface area contributed by atoms with Crippen molar-refractivity contribution in [1.29, 1.82) is 0 Å². The fourth-order valence-corrected chi connectivity index (χ4v) is 3.05. The van der Waals surface area contributed by atoms with Crippen molar-refractivity contribution in [2.24, 2.45) is 0 Å². The highest BCUT2D eigenvalue weighted by atomic mass is 16.7. The van der Waals surface area contributed by atoms with Gasteiger partial charge in [-0.2, -0.15) is 0 Å². The van der Waals surface area contributed by atoms with Gasteiger partial charge in [0, 0.05) is 6.08 Å². The minimum atomic E-state index is -1.88. The second-order valence-corrected chi connectivity index (χ2v) is 8.12. The summed E-state index contributed by atoms with van der Waals surface area (Å²) in [7, 11) is 2.70. The maximum atomic E-state index is 12.1. The molecule has 0 spiro atoms. The number of phenolic OH excluding ortho intramolecular Hbond substituents is 1. The molecule has 13 heteroatoms. The van der Waals surface area contributed by atoms with Gasteiger partial charge in [0.25, 0.3) is 0 Å². The molecular formula is C22H32O13. The van der Waals surface area contributed by atoms with Crippen molar-refractivity contribution in [2.45, 2.75) is 49.3 Å². The zero-order valence-electron chi connectivity index (χ0n) is 19.5. The smallest absolute Gasteiger partial charge is 0.330 e. The van der Waals surface area contributed by atoms with Gasteiger partial charge in [-0.05, 0) is 30.7 Å². The lowest BCUT2D eigenvalue weighted by Crippen LogP contribution is -2.60. The van der Waals surface area contributed by atoms with Crippen LogP contribution in [0.1, 0.15) is 12.5 Å². The number of ether oxygens (including phenoxy) is 5. The van der Waals surface area contributed by atoms with Crippen LogP contribution in [-0.2, 0) is 19.0 Å². The van der Waals surface area contributed by atoms with Crippen molar-refractivity contribution in [2.75, 3.05) is 34.0 Å². The van der Waals surface area contributed by atoms with E-state index in [9.17, 15) is 35.4 Å². The lowest BCUT2D eigenvalue weighted by atomic mass is 9.99. The molecule has 0 aliphatic carbocycles. The van der Waals surface area contributed by atoms with Crippen LogP contribution in [0.25, 0.3) is 6.08 Å². The third-order valence-electron chi connectivity index (χ3n) is 5.43.